The van der Waals surface area contributed by atoms with Crippen molar-refractivity contribution in [2.75, 3.05) is 5.43 Å². The first-order valence-corrected chi connectivity index (χ1v) is 6.32. The van der Waals surface area contributed by atoms with Gasteiger partial charge < -0.3 is 5.43 Å². The van der Waals surface area contributed by atoms with Gasteiger partial charge in [-0.1, -0.05) is 19.9 Å². The van der Waals surface area contributed by atoms with Crippen LogP contribution in [0.25, 0.3) is 11.5 Å². The van der Waals surface area contributed by atoms with Gasteiger partial charge in [-0.15, -0.1) is 0 Å². The quantitative estimate of drug-likeness (QED) is 0.652. The number of anilines is 1. The first kappa shape index (κ1) is 13.4. The predicted octanol–water partition coefficient (Wildman–Crippen LogP) is 2.56. The summed E-state index contributed by atoms with van der Waals surface area (Å²) in [5, 5.41) is 0. The minimum absolute atomic E-state index is 0.311. The highest BCUT2D eigenvalue weighted by molar-refractivity contribution is 5.57. The molecule has 0 aliphatic carbocycles. The molecule has 19 heavy (non-hydrogen) atoms. The zero-order valence-electron chi connectivity index (χ0n) is 11.7. The molecule has 0 fully saturated rings. The number of nitrogens with two attached hydrogens (primary N) is 1. The van der Waals surface area contributed by atoms with Gasteiger partial charge in [0.15, 0.2) is 5.82 Å². The Balaban J connectivity index is 2.58. The third-order valence-electron chi connectivity index (χ3n) is 2.97. The van der Waals surface area contributed by atoms with Crippen molar-refractivity contribution in [1.29, 1.82) is 0 Å². The predicted molar refractivity (Wildman–Crippen MR) is 76.6 cm³/mol. The van der Waals surface area contributed by atoms with Crippen LogP contribution in [0.5, 0.6) is 0 Å². The van der Waals surface area contributed by atoms with Crippen molar-refractivity contribution < 1.29 is 0 Å². The van der Waals surface area contributed by atoms with Crippen LogP contribution in [-0.4, -0.2) is 15.0 Å². The molecule has 0 bridgehead atoms. The Morgan fingerprint density at radius 2 is 1.84 bits per heavy atom. The normalized spacial score (nSPS) is 10.8. The van der Waals surface area contributed by atoms with Crippen LogP contribution in [0.3, 0.4) is 0 Å². The summed E-state index contributed by atoms with van der Waals surface area (Å²) < 4.78 is 0. The first-order chi connectivity index (χ1) is 9.02. The lowest BCUT2D eigenvalue weighted by atomic mass is 10.0. The summed E-state index contributed by atoms with van der Waals surface area (Å²) in [6.07, 6.45) is 0. The van der Waals surface area contributed by atoms with Gasteiger partial charge in [0.2, 0.25) is 0 Å². The number of hydrogen-bond donors (Lipinski definition) is 2. The summed E-state index contributed by atoms with van der Waals surface area (Å²) in [6.45, 7) is 8.10. The van der Waals surface area contributed by atoms with Crippen molar-refractivity contribution >= 4 is 5.82 Å². The second kappa shape index (κ2) is 5.32. The minimum Gasteiger partial charge on any atom is -0.308 e. The molecule has 100 valence electrons. The summed E-state index contributed by atoms with van der Waals surface area (Å²) >= 11 is 0. The summed E-state index contributed by atoms with van der Waals surface area (Å²) in [5.74, 6) is 7.15. The lowest BCUT2D eigenvalue weighted by molar-refractivity contribution is 0.831. The lowest BCUT2D eigenvalue weighted by Crippen LogP contribution is -2.15. The topological polar surface area (TPSA) is 76.7 Å². The van der Waals surface area contributed by atoms with E-state index in [4.69, 9.17) is 5.84 Å². The van der Waals surface area contributed by atoms with E-state index in [1.165, 1.54) is 0 Å². The average molecular weight is 257 g/mol. The molecule has 0 saturated carbocycles. The fourth-order valence-corrected chi connectivity index (χ4v) is 2.16. The van der Waals surface area contributed by atoms with Crippen LogP contribution in [0, 0.1) is 13.8 Å². The van der Waals surface area contributed by atoms with E-state index in [9.17, 15) is 0 Å². The van der Waals surface area contributed by atoms with E-state index in [-0.39, 0.29) is 0 Å². The highest BCUT2D eigenvalue weighted by Crippen LogP contribution is 2.26. The van der Waals surface area contributed by atoms with Crippen molar-refractivity contribution in [2.45, 2.75) is 33.6 Å². The van der Waals surface area contributed by atoms with E-state index >= 15 is 0 Å². The molecule has 0 radical (unpaired) electrons. The summed E-state index contributed by atoms with van der Waals surface area (Å²) in [6, 6.07) is 5.79. The number of aromatic nitrogens is 3. The minimum atomic E-state index is 0.311. The Morgan fingerprint density at radius 1 is 1.11 bits per heavy atom. The van der Waals surface area contributed by atoms with Crippen molar-refractivity contribution in [3.8, 4) is 11.5 Å². The fraction of sp³-hybridized carbons (Fsp3) is 0.357. The van der Waals surface area contributed by atoms with Gasteiger partial charge in [-0.2, -0.15) is 0 Å². The number of nitrogens with one attached hydrogen (secondary N) is 1. The van der Waals surface area contributed by atoms with Crippen LogP contribution in [0.1, 0.15) is 36.7 Å². The summed E-state index contributed by atoms with van der Waals surface area (Å²) in [5.41, 5.74) is 6.33. The second-order valence-corrected chi connectivity index (χ2v) is 4.86. The smallest absolute Gasteiger partial charge is 0.180 e. The molecule has 0 aliphatic rings. The van der Waals surface area contributed by atoms with E-state index in [1.807, 2.05) is 32.0 Å². The Morgan fingerprint density at radius 3 is 2.42 bits per heavy atom. The molecule has 2 rings (SSSR count). The number of aryl methyl sites for hydroxylation is 2. The number of pyridine rings is 1. The van der Waals surface area contributed by atoms with Crippen LogP contribution in [0.2, 0.25) is 0 Å². The van der Waals surface area contributed by atoms with E-state index < -0.39 is 0 Å². The molecule has 0 spiro atoms. The van der Waals surface area contributed by atoms with Crippen molar-refractivity contribution in [2.24, 2.45) is 5.84 Å². The third kappa shape index (κ3) is 2.71. The van der Waals surface area contributed by atoms with Crippen LogP contribution in [-0.2, 0) is 0 Å². The highest BCUT2D eigenvalue weighted by atomic mass is 15.3. The Hall–Kier alpha value is -2.01. The van der Waals surface area contributed by atoms with Crippen molar-refractivity contribution in [1.82, 2.24) is 15.0 Å². The summed E-state index contributed by atoms with van der Waals surface area (Å²) in [7, 11) is 0. The largest absolute Gasteiger partial charge is 0.308 e. The molecule has 0 amide bonds. The van der Waals surface area contributed by atoms with Crippen molar-refractivity contribution in [3.05, 3.63) is 35.2 Å². The number of rotatable bonds is 3. The Bertz CT molecular complexity index is 592. The number of nitrogens with zero attached hydrogens (tertiary/aromatic N) is 3. The zero-order valence-corrected chi connectivity index (χ0v) is 11.7. The van der Waals surface area contributed by atoms with Crippen LogP contribution in [0.4, 0.5) is 5.82 Å². The van der Waals surface area contributed by atoms with Crippen LogP contribution in [0.15, 0.2) is 18.2 Å². The summed E-state index contributed by atoms with van der Waals surface area (Å²) in [4.78, 5) is 13.5. The number of hydrazine groups is 1. The molecule has 0 saturated heterocycles. The first-order valence-electron chi connectivity index (χ1n) is 6.32. The zero-order chi connectivity index (χ0) is 14.0. The van der Waals surface area contributed by atoms with Gasteiger partial charge in [-0.25, -0.2) is 20.8 Å². The van der Waals surface area contributed by atoms with E-state index in [0.717, 1.165) is 22.6 Å². The van der Waals surface area contributed by atoms with Gasteiger partial charge in [-0.05, 0) is 31.9 Å². The average Bonchev–Trinajstić information content (AvgIpc) is 2.37. The van der Waals surface area contributed by atoms with Gasteiger partial charge in [0.1, 0.15) is 11.5 Å². The molecule has 3 N–H and O–H groups in total. The maximum atomic E-state index is 5.57. The molecule has 5 heteroatoms. The highest BCUT2D eigenvalue weighted by Gasteiger charge is 2.15. The van der Waals surface area contributed by atoms with Gasteiger partial charge in [0.25, 0.3) is 0 Å². The van der Waals surface area contributed by atoms with Crippen molar-refractivity contribution in [3.63, 3.8) is 0 Å². The van der Waals surface area contributed by atoms with Gasteiger partial charge in [0.05, 0.1) is 0 Å². The molecule has 2 aromatic heterocycles. The van der Waals surface area contributed by atoms with E-state index in [2.05, 4.69) is 34.2 Å². The Labute approximate surface area is 113 Å². The molecule has 2 heterocycles. The molecule has 0 aliphatic heterocycles. The van der Waals surface area contributed by atoms with E-state index in [1.54, 1.807) is 0 Å². The third-order valence-corrected chi connectivity index (χ3v) is 2.97. The monoisotopic (exact) mass is 257 g/mol. The molecule has 0 atom stereocenters. The van der Waals surface area contributed by atoms with Gasteiger partial charge in [-0.3, -0.25) is 0 Å². The molecular weight excluding hydrogens is 238 g/mol. The Kier molecular flexibility index (Phi) is 3.76. The molecule has 2 aromatic rings. The standard InChI is InChI=1S/C14H19N5/c1-8(2)12-10(4)17-13(18-14(12)19-15)11-7-5-6-9(3)16-11/h5-8H,15H2,1-4H3,(H,17,18,19). The molecule has 0 unspecified atom stereocenters. The second-order valence-electron chi connectivity index (χ2n) is 4.86. The molecule has 0 aromatic carbocycles. The van der Waals surface area contributed by atoms with E-state index in [0.29, 0.717) is 17.6 Å². The number of hydrogen-bond acceptors (Lipinski definition) is 5. The molecular formula is C14H19N5. The van der Waals surface area contributed by atoms with Crippen LogP contribution >= 0.6 is 0 Å². The molecule has 5 nitrogen and oxygen atoms in total. The fourth-order valence-electron chi connectivity index (χ4n) is 2.16. The number of nitrogen functional groups attached to an aromatic ring is 1. The SMILES string of the molecule is Cc1cccc(-c2nc(C)c(C(C)C)c(NN)n2)n1. The maximum absolute atomic E-state index is 5.57. The maximum Gasteiger partial charge on any atom is 0.180 e. The lowest BCUT2D eigenvalue weighted by Gasteiger charge is -2.15. The van der Waals surface area contributed by atoms with Gasteiger partial charge >= 0.3 is 0 Å². The van der Waals surface area contributed by atoms with Crippen LogP contribution < -0.4 is 11.3 Å². The van der Waals surface area contributed by atoms with Gasteiger partial charge in [0, 0.05) is 17.0 Å².